The van der Waals surface area contributed by atoms with Gasteiger partial charge in [0.15, 0.2) is 0 Å². The molecule has 0 saturated carbocycles. The standard InChI is InChI=1S/C10H17NO3/c12-8-11-6-4-9(5-7-11)2-1-3-10(13)14/h8-9H,1-7H2,(H,13,14). The maximum atomic E-state index is 10.4. The largest absolute Gasteiger partial charge is 0.481 e. The van der Waals surface area contributed by atoms with Crippen molar-refractivity contribution in [1.29, 1.82) is 0 Å². The highest BCUT2D eigenvalue weighted by molar-refractivity contribution is 5.66. The third-order valence-electron chi connectivity index (χ3n) is 2.80. The first kappa shape index (κ1) is 11.0. The molecule has 1 N–H and O–H groups in total. The first-order valence-electron chi connectivity index (χ1n) is 5.13. The number of nitrogens with zero attached hydrogens (tertiary/aromatic N) is 1. The van der Waals surface area contributed by atoms with Crippen molar-refractivity contribution in [3.05, 3.63) is 0 Å². The van der Waals surface area contributed by atoms with E-state index in [0.29, 0.717) is 5.92 Å². The zero-order chi connectivity index (χ0) is 10.4. The highest BCUT2D eigenvalue weighted by Gasteiger charge is 2.17. The molecule has 0 bridgehead atoms. The fourth-order valence-corrected chi connectivity index (χ4v) is 1.89. The molecule has 0 aromatic carbocycles. The number of carboxylic acid groups (broad SMARTS) is 1. The van der Waals surface area contributed by atoms with Gasteiger partial charge in [-0.3, -0.25) is 9.59 Å². The number of hydrogen-bond acceptors (Lipinski definition) is 2. The molecule has 80 valence electrons. The van der Waals surface area contributed by atoms with Gasteiger partial charge in [-0.1, -0.05) is 0 Å². The predicted octanol–water partition coefficient (Wildman–Crippen LogP) is 1.11. The van der Waals surface area contributed by atoms with Gasteiger partial charge in [0.25, 0.3) is 0 Å². The maximum absolute atomic E-state index is 10.4. The van der Waals surface area contributed by atoms with Crippen LogP contribution < -0.4 is 0 Å². The van der Waals surface area contributed by atoms with Gasteiger partial charge in [-0.05, 0) is 31.6 Å². The van der Waals surface area contributed by atoms with Crippen LogP contribution in [-0.2, 0) is 9.59 Å². The van der Waals surface area contributed by atoms with Crippen molar-refractivity contribution in [3.8, 4) is 0 Å². The Morgan fingerprint density at radius 3 is 2.57 bits per heavy atom. The summed E-state index contributed by atoms with van der Waals surface area (Å²) in [6.45, 7) is 1.67. The molecular formula is C10H17NO3. The van der Waals surface area contributed by atoms with Crippen LogP contribution >= 0.6 is 0 Å². The highest BCUT2D eigenvalue weighted by Crippen LogP contribution is 2.21. The lowest BCUT2D eigenvalue weighted by molar-refractivity contribution is -0.137. The monoisotopic (exact) mass is 199 g/mol. The SMILES string of the molecule is O=CN1CCC(CCCC(=O)O)CC1. The third-order valence-corrected chi connectivity index (χ3v) is 2.80. The summed E-state index contributed by atoms with van der Waals surface area (Å²) in [5.41, 5.74) is 0. The average molecular weight is 199 g/mol. The third kappa shape index (κ3) is 3.77. The number of amides is 1. The predicted molar refractivity (Wildman–Crippen MR) is 51.8 cm³/mol. The van der Waals surface area contributed by atoms with E-state index < -0.39 is 5.97 Å². The van der Waals surface area contributed by atoms with Crippen LogP contribution in [0, 0.1) is 5.92 Å². The lowest BCUT2D eigenvalue weighted by Gasteiger charge is -2.28. The van der Waals surface area contributed by atoms with Crippen LogP contribution in [0.1, 0.15) is 32.1 Å². The molecule has 1 amide bonds. The fourth-order valence-electron chi connectivity index (χ4n) is 1.89. The van der Waals surface area contributed by atoms with E-state index in [1.807, 2.05) is 0 Å². The second-order valence-corrected chi connectivity index (χ2v) is 3.87. The fraction of sp³-hybridized carbons (Fsp3) is 0.800. The van der Waals surface area contributed by atoms with Crippen molar-refractivity contribution >= 4 is 12.4 Å². The quantitative estimate of drug-likeness (QED) is 0.675. The van der Waals surface area contributed by atoms with Crippen molar-refractivity contribution in [2.24, 2.45) is 5.92 Å². The molecule has 0 aromatic rings. The molecule has 14 heavy (non-hydrogen) atoms. The number of hydrogen-bond donors (Lipinski definition) is 1. The number of likely N-dealkylation sites (tertiary alicyclic amines) is 1. The van der Waals surface area contributed by atoms with Crippen molar-refractivity contribution < 1.29 is 14.7 Å². The number of carbonyl (C=O) groups excluding carboxylic acids is 1. The Morgan fingerprint density at radius 1 is 1.43 bits per heavy atom. The van der Waals surface area contributed by atoms with Gasteiger partial charge in [-0.15, -0.1) is 0 Å². The van der Waals surface area contributed by atoms with Crippen LogP contribution in [0.4, 0.5) is 0 Å². The Labute approximate surface area is 83.9 Å². The summed E-state index contributed by atoms with van der Waals surface area (Å²) in [4.78, 5) is 22.5. The van der Waals surface area contributed by atoms with Crippen molar-refractivity contribution in [3.63, 3.8) is 0 Å². The first-order valence-corrected chi connectivity index (χ1v) is 5.13. The van der Waals surface area contributed by atoms with Crippen molar-refractivity contribution in [2.75, 3.05) is 13.1 Å². The van der Waals surface area contributed by atoms with Crippen molar-refractivity contribution in [1.82, 2.24) is 4.90 Å². The molecule has 0 atom stereocenters. The molecule has 0 aromatic heterocycles. The van der Waals surface area contributed by atoms with E-state index in [1.54, 1.807) is 4.90 Å². The van der Waals surface area contributed by atoms with Gasteiger partial charge in [-0.25, -0.2) is 0 Å². The number of aliphatic carboxylic acids is 1. The van der Waals surface area contributed by atoms with E-state index in [9.17, 15) is 9.59 Å². The van der Waals surface area contributed by atoms with Gasteiger partial charge >= 0.3 is 5.97 Å². The number of carbonyl (C=O) groups is 2. The molecule has 1 heterocycles. The summed E-state index contributed by atoms with van der Waals surface area (Å²) in [5, 5.41) is 8.47. The molecule has 1 aliphatic rings. The minimum Gasteiger partial charge on any atom is -0.481 e. The zero-order valence-corrected chi connectivity index (χ0v) is 8.32. The second kappa shape index (κ2) is 5.62. The smallest absolute Gasteiger partial charge is 0.303 e. The number of piperidine rings is 1. The number of carboxylic acids is 1. The molecule has 4 nitrogen and oxygen atoms in total. The van der Waals surface area contributed by atoms with Crippen LogP contribution in [0.2, 0.25) is 0 Å². The van der Waals surface area contributed by atoms with E-state index in [1.165, 1.54) is 0 Å². The Hall–Kier alpha value is -1.06. The first-order chi connectivity index (χ1) is 6.72. The minimum absolute atomic E-state index is 0.272. The summed E-state index contributed by atoms with van der Waals surface area (Å²) in [6.07, 6.45) is 4.97. The maximum Gasteiger partial charge on any atom is 0.303 e. The zero-order valence-electron chi connectivity index (χ0n) is 8.32. The molecule has 1 saturated heterocycles. The van der Waals surface area contributed by atoms with Crippen LogP contribution in [0.5, 0.6) is 0 Å². The average Bonchev–Trinajstić information content (AvgIpc) is 2.18. The van der Waals surface area contributed by atoms with E-state index in [0.717, 1.165) is 45.2 Å². The summed E-state index contributed by atoms with van der Waals surface area (Å²) < 4.78 is 0. The lowest BCUT2D eigenvalue weighted by Crippen LogP contribution is -2.32. The van der Waals surface area contributed by atoms with Gasteiger partial charge in [-0.2, -0.15) is 0 Å². The van der Waals surface area contributed by atoms with Crippen LogP contribution in [0.25, 0.3) is 0 Å². The van der Waals surface area contributed by atoms with Crippen LogP contribution in [-0.4, -0.2) is 35.5 Å². The van der Waals surface area contributed by atoms with Crippen molar-refractivity contribution in [2.45, 2.75) is 32.1 Å². The molecule has 1 fully saturated rings. The molecule has 1 rings (SSSR count). The highest BCUT2D eigenvalue weighted by atomic mass is 16.4. The normalized spacial score (nSPS) is 18.1. The summed E-state index contributed by atoms with van der Waals surface area (Å²) in [6, 6.07) is 0. The van der Waals surface area contributed by atoms with Gasteiger partial charge in [0.1, 0.15) is 0 Å². The Morgan fingerprint density at radius 2 is 2.07 bits per heavy atom. The van der Waals surface area contributed by atoms with Crippen LogP contribution in [0.15, 0.2) is 0 Å². The molecule has 0 unspecified atom stereocenters. The molecule has 1 aliphatic heterocycles. The van der Waals surface area contributed by atoms with Gasteiger partial charge in [0, 0.05) is 19.5 Å². The Bertz CT molecular complexity index is 198. The van der Waals surface area contributed by atoms with Gasteiger partial charge < -0.3 is 10.0 Å². The topological polar surface area (TPSA) is 57.6 Å². The second-order valence-electron chi connectivity index (χ2n) is 3.87. The Kier molecular flexibility index (Phi) is 4.43. The van der Waals surface area contributed by atoms with Gasteiger partial charge in [0.05, 0.1) is 0 Å². The van der Waals surface area contributed by atoms with Gasteiger partial charge in [0.2, 0.25) is 6.41 Å². The van der Waals surface area contributed by atoms with Crippen LogP contribution in [0.3, 0.4) is 0 Å². The minimum atomic E-state index is -0.713. The summed E-state index contributed by atoms with van der Waals surface area (Å²) in [5.74, 6) is -0.0964. The molecule has 0 spiro atoms. The number of rotatable bonds is 5. The molecule has 4 heteroatoms. The van der Waals surface area contributed by atoms with E-state index in [4.69, 9.17) is 5.11 Å². The summed E-state index contributed by atoms with van der Waals surface area (Å²) in [7, 11) is 0. The molecule has 0 aliphatic carbocycles. The summed E-state index contributed by atoms with van der Waals surface area (Å²) >= 11 is 0. The lowest BCUT2D eigenvalue weighted by atomic mass is 9.92. The van der Waals surface area contributed by atoms with E-state index >= 15 is 0 Å². The van der Waals surface area contributed by atoms with E-state index in [2.05, 4.69) is 0 Å². The van der Waals surface area contributed by atoms with E-state index in [-0.39, 0.29) is 6.42 Å². The Balaban J connectivity index is 2.10. The molecule has 0 radical (unpaired) electrons. The molecular weight excluding hydrogens is 182 g/mol.